The van der Waals surface area contributed by atoms with Gasteiger partial charge in [-0.05, 0) is 23.5 Å². The number of ether oxygens (including phenoxy) is 3. The summed E-state index contributed by atoms with van der Waals surface area (Å²) in [6.07, 6.45) is 0.495. The molecule has 0 aromatic carbocycles. The highest BCUT2D eigenvalue weighted by Crippen LogP contribution is 2.45. The maximum absolute atomic E-state index is 12.1. The lowest BCUT2D eigenvalue weighted by Gasteiger charge is -2.39. The molecule has 0 saturated heterocycles. The molecule has 0 aromatic rings. The lowest BCUT2D eigenvalue weighted by molar-refractivity contribution is -0.208. The van der Waals surface area contributed by atoms with Crippen molar-refractivity contribution < 1.29 is 39.1 Å². The highest BCUT2D eigenvalue weighted by atomic mass is 16.7. The number of carbonyl (C=O) groups is 2. The van der Waals surface area contributed by atoms with E-state index in [1.807, 2.05) is 27.7 Å². The molecule has 158 valence electrons. The summed E-state index contributed by atoms with van der Waals surface area (Å²) in [5.74, 6) is -1.68. The molecule has 0 radical (unpaired) electrons. The van der Waals surface area contributed by atoms with Gasteiger partial charge in [-0.2, -0.15) is 0 Å². The van der Waals surface area contributed by atoms with Crippen molar-refractivity contribution >= 4 is 11.9 Å². The van der Waals surface area contributed by atoms with E-state index in [1.54, 1.807) is 0 Å². The summed E-state index contributed by atoms with van der Waals surface area (Å²) in [4.78, 5) is 23.9. The lowest BCUT2D eigenvalue weighted by atomic mass is 9.82. The number of carbonyl (C=O) groups excluding carboxylic acids is 2. The number of aliphatic hydroxyl groups excluding tert-OH is 2. The van der Waals surface area contributed by atoms with E-state index in [4.69, 9.17) is 14.2 Å². The van der Waals surface area contributed by atoms with Crippen LogP contribution in [-0.2, 0) is 23.8 Å². The predicted octanol–water partition coefficient (Wildman–Crippen LogP) is 1.05. The maximum atomic E-state index is 12.1. The molecule has 0 fully saturated rings. The quantitative estimate of drug-likeness (QED) is 0.519. The first-order valence-electron chi connectivity index (χ1n) is 9.51. The molecule has 0 bridgehead atoms. The molecule has 3 N–H and O–H groups in total. The number of rotatable bonds is 8. The van der Waals surface area contributed by atoms with Gasteiger partial charge in [-0.3, -0.25) is 9.59 Å². The first-order valence-corrected chi connectivity index (χ1v) is 9.51. The lowest BCUT2D eigenvalue weighted by Crippen LogP contribution is -2.54. The van der Waals surface area contributed by atoms with Crippen LogP contribution in [0.1, 0.15) is 40.5 Å². The Morgan fingerprint density at radius 2 is 1.79 bits per heavy atom. The van der Waals surface area contributed by atoms with Crippen LogP contribution >= 0.6 is 0 Å². The van der Waals surface area contributed by atoms with Crippen molar-refractivity contribution in [1.82, 2.24) is 0 Å². The van der Waals surface area contributed by atoms with Crippen molar-refractivity contribution in [2.45, 2.75) is 58.5 Å². The molecule has 2 aliphatic rings. The molecule has 1 aliphatic carbocycles. The molecule has 0 unspecified atom stereocenters. The predicted molar refractivity (Wildman–Crippen MR) is 98.5 cm³/mol. The van der Waals surface area contributed by atoms with E-state index >= 15 is 0 Å². The van der Waals surface area contributed by atoms with E-state index < -0.39 is 36.5 Å². The Balaban J connectivity index is 2.19. The summed E-state index contributed by atoms with van der Waals surface area (Å²) in [5.41, 5.74) is -1.11. The summed E-state index contributed by atoms with van der Waals surface area (Å²) in [7, 11) is 0. The average molecular weight is 398 g/mol. The van der Waals surface area contributed by atoms with E-state index in [-0.39, 0.29) is 37.3 Å². The van der Waals surface area contributed by atoms with Gasteiger partial charge in [0.15, 0.2) is 0 Å². The van der Waals surface area contributed by atoms with Crippen LogP contribution in [0.15, 0.2) is 23.5 Å². The minimum atomic E-state index is -1.97. The van der Waals surface area contributed by atoms with Crippen LogP contribution in [0.5, 0.6) is 0 Å². The van der Waals surface area contributed by atoms with Crippen LogP contribution in [0.25, 0.3) is 0 Å². The molecule has 0 amide bonds. The van der Waals surface area contributed by atoms with Gasteiger partial charge >= 0.3 is 11.9 Å². The zero-order valence-electron chi connectivity index (χ0n) is 16.8. The van der Waals surface area contributed by atoms with Crippen LogP contribution in [0.3, 0.4) is 0 Å². The molecule has 0 spiro atoms. The van der Waals surface area contributed by atoms with Gasteiger partial charge in [0.05, 0.1) is 18.8 Å². The molecule has 2 rings (SSSR count). The first-order chi connectivity index (χ1) is 13.1. The third kappa shape index (κ3) is 4.92. The van der Waals surface area contributed by atoms with Gasteiger partial charge in [0.25, 0.3) is 6.29 Å². The Kier molecular flexibility index (Phi) is 7.25. The highest BCUT2D eigenvalue weighted by Gasteiger charge is 2.56. The van der Waals surface area contributed by atoms with Gasteiger partial charge in [0.1, 0.15) is 18.3 Å². The summed E-state index contributed by atoms with van der Waals surface area (Å²) in [6, 6.07) is 0. The SMILES string of the molecule is CC(C)CC(=O)OCC1=CO[C@@H](OC(=O)CC(C)C)[C@H]2C1=C[C@H](O)[C@]2(O)CO. The second kappa shape index (κ2) is 9.07. The molecule has 4 atom stereocenters. The second-order valence-electron chi connectivity index (χ2n) is 8.19. The largest absolute Gasteiger partial charge is 0.461 e. The standard InChI is InChI=1S/C20H30O8/c1-11(2)5-16(23)26-8-13-9-27-19(28-17(24)6-12(3)4)18-14(13)7-15(22)20(18,25)10-21/h7,9,11-12,15,18-19,21-22,25H,5-6,8,10H2,1-4H3/t15-,18+,19-,20+/m0/s1. The van der Waals surface area contributed by atoms with Gasteiger partial charge < -0.3 is 29.5 Å². The Morgan fingerprint density at radius 3 is 2.36 bits per heavy atom. The average Bonchev–Trinajstić information content (AvgIpc) is 2.85. The van der Waals surface area contributed by atoms with Gasteiger partial charge in [0.2, 0.25) is 0 Å². The molecule has 0 aromatic heterocycles. The van der Waals surface area contributed by atoms with Crippen LogP contribution < -0.4 is 0 Å². The second-order valence-corrected chi connectivity index (χ2v) is 8.19. The molecule has 1 heterocycles. The van der Waals surface area contributed by atoms with E-state index in [0.29, 0.717) is 11.1 Å². The zero-order valence-corrected chi connectivity index (χ0v) is 16.8. The summed E-state index contributed by atoms with van der Waals surface area (Å²) >= 11 is 0. The fourth-order valence-electron chi connectivity index (χ4n) is 3.32. The monoisotopic (exact) mass is 398 g/mol. The minimum absolute atomic E-state index is 0.0727. The van der Waals surface area contributed by atoms with Crippen molar-refractivity contribution in [3.8, 4) is 0 Å². The van der Waals surface area contributed by atoms with Crippen molar-refractivity contribution in [2.24, 2.45) is 17.8 Å². The third-order valence-corrected chi connectivity index (χ3v) is 4.75. The number of hydrogen-bond acceptors (Lipinski definition) is 8. The van der Waals surface area contributed by atoms with E-state index in [1.165, 1.54) is 12.3 Å². The molecular weight excluding hydrogens is 368 g/mol. The van der Waals surface area contributed by atoms with Crippen LogP contribution in [0.2, 0.25) is 0 Å². The van der Waals surface area contributed by atoms with Crippen LogP contribution in [0, 0.1) is 17.8 Å². The topological polar surface area (TPSA) is 123 Å². The number of esters is 2. The fourth-order valence-corrected chi connectivity index (χ4v) is 3.32. The van der Waals surface area contributed by atoms with E-state index in [0.717, 1.165) is 0 Å². The van der Waals surface area contributed by atoms with Gasteiger partial charge in [-0.15, -0.1) is 0 Å². The zero-order chi connectivity index (χ0) is 21.1. The smallest absolute Gasteiger partial charge is 0.309 e. The maximum Gasteiger partial charge on any atom is 0.309 e. The normalized spacial score (nSPS) is 29.1. The molecule has 0 saturated carbocycles. The first kappa shape index (κ1) is 22.4. The van der Waals surface area contributed by atoms with E-state index in [9.17, 15) is 24.9 Å². The Hall–Kier alpha value is -1.90. The fraction of sp³-hybridized carbons (Fsp3) is 0.700. The van der Waals surface area contributed by atoms with E-state index in [2.05, 4.69) is 0 Å². The molecule has 8 heteroatoms. The molecule has 8 nitrogen and oxygen atoms in total. The third-order valence-electron chi connectivity index (χ3n) is 4.75. The summed E-state index contributed by atoms with van der Waals surface area (Å²) < 4.78 is 16.1. The molecule has 1 aliphatic heterocycles. The van der Waals surface area contributed by atoms with Crippen LogP contribution in [-0.4, -0.2) is 58.5 Å². The molecule has 28 heavy (non-hydrogen) atoms. The Bertz CT molecular complexity index is 651. The van der Waals surface area contributed by atoms with Crippen molar-refractivity contribution in [3.63, 3.8) is 0 Å². The Labute approximate surface area is 164 Å². The van der Waals surface area contributed by atoms with Crippen LogP contribution in [0.4, 0.5) is 0 Å². The van der Waals surface area contributed by atoms with Gasteiger partial charge in [0, 0.05) is 18.4 Å². The number of hydrogen-bond donors (Lipinski definition) is 3. The van der Waals surface area contributed by atoms with Gasteiger partial charge in [-0.1, -0.05) is 27.7 Å². The van der Waals surface area contributed by atoms with Crippen molar-refractivity contribution in [2.75, 3.05) is 13.2 Å². The van der Waals surface area contributed by atoms with Crippen molar-refractivity contribution in [1.29, 1.82) is 0 Å². The summed E-state index contributed by atoms with van der Waals surface area (Å²) in [5, 5.41) is 30.7. The Morgan fingerprint density at radius 1 is 1.18 bits per heavy atom. The highest BCUT2D eigenvalue weighted by molar-refractivity contribution is 5.70. The summed E-state index contributed by atoms with van der Waals surface area (Å²) in [6.45, 7) is 6.64. The van der Waals surface area contributed by atoms with Gasteiger partial charge in [-0.25, -0.2) is 0 Å². The van der Waals surface area contributed by atoms with Crippen molar-refractivity contribution in [3.05, 3.63) is 23.5 Å². The minimum Gasteiger partial charge on any atom is -0.461 e. The number of fused-ring (bicyclic) bond motifs is 1. The molecular formula is C20H30O8. The number of aliphatic hydroxyl groups is 3.